The Balaban J connectivity index is 3.42. The number of nitrogens with one attached hydrogen (secondary N) is 1. The fourth-order valence-electron chi connectivity index (χ4n) is 10.6. The highest BCUT2D eigenvalue weighted by atomic mass is 16.5. The van der Waals surface area contributed by atoms with Crippen molar-refractivity contribution in [3.8, 4) is 0 Å². The Morgan fingerprint density at radius 3 is 0.959 bits per heavy atom. The lowest BCUT2D eigenvalue weighted by Crippen LogP contribution is -2.45. The molecule has 0 aromatic carbocycles. The van der Waals surface area contributed by atoms with Gasteiger partial charge in [-0.2, -0.15) is 0 Å². The molecule has 0 bridgehead atoms. The van der Waals surface area contributed by atoms with Crippen LogP contribution in [0.3, 0.4) is 0 Å². The highest BCUT2D eigenvalue weighted by Crippen LogP contribution is 2.18. The van der Waals surface area contributed by atoms with Gasteiger partial charge in [0.2, 0.25) is 5.91 Å². The minimum atomic E-state index is -0.849. The molecule has 0 fully saturated rings. The topological polar surface area (TPSA) is 95.9 Å². The van der Waals surface area contributed by atoms with Crippen molar-refractivity contribution in [2.75, 3.05) is 13.2 Å². The summed E-state index contributed by atoms with van der Waals surface area (Å²) in [5.41, 5.74) is 0. The van der Waals surface area contributed by atoms with E-state index in [1.54, 1.807) is 6.08 Å². The zero-order valence-corrected chi connectivity index (χ0v) is 50.1. The first-order valence-corrected chi connectivity index (χ1v) is 33.6. The fourth-order valence-corrected chi connectivity index (χ4v) is 10.6. The van der Waals surface area contributed by atoms with Crippen molar-refractivity contribution in [1.29, 1.82) is 0 Å². The Morgan fingerprint density at radius 1 is 0.365 bits per heavy atom. The molecular formula is C68H131NO5. The molecule has 0 heterocycles. The van der Waals surface area contributed by atoms with Crippen LogP contribution in [-0.4, -0.2) is 47.4 Å². The summed E-state index contributed by atoms with van der Waals surface area (Å²) in [6.45, 7) is 4.94. The number of esters is 1. The van der Waals surface area contributed by atoms with E-state index in [0.717, 1.165) is 44.9 Å². The third-order valence-corrected chi connectivity index (χ3v) is 15.7. The van der Waals surface area contributed by atoms with Crippen LogP contribution in [0.25, 0.3) is 0 Å². The second kappa shape index (κ2) is 63.9. The van der Waals surface area contributed by atoms with Crippen LogP contribution in [0.1, 0.15) is 373 Å². The molecule has 438 valence electrons. The van der Waals surface area contributed by atoms with Crippen molar-refractivity contribution in [3.05, 3.63) is 24.3 Å². The van der Waals surface area contributed by atoms with Crippen LogP contribution in [0.2, 0.25) is 0 Å². The average Bonchev–Trinajstić information content (AvgIpc) is 3.40. The Hall–Kier alpha value is -1.66. The van der Waals surface area contributed by atoms with Crippen LogP contribution in [0.4, 0.5) is 0 Å². The van der Waals surface area contributed by atoms with Gasteiger partial charge in [-0.3, -0.25) is 9.59 Å². The van der Waals surface area contributed by atoms with E-state index in [0.29, 0.717) is 19.4 Å². The molecule has 0 spiro atoms. The quantitative estimate of drug-likeness (QED) is 0.0320. The van der Waals surface area contributed by atoms with Gasteiger partial charge in [0.1, 0.15) is 0 Å². The van der Waals surface area contributed by atoms with Gasteiger partial charge in [-0.25, -0.2) is 0 Å². The largest absolute Gasteiger partial charge is 0.466 e. The van der Waals surface area contributed by atoms with Gasteiger partial charge in [0.25, 0.3) is 0 Å². The molecule has 2 unspecified atom stereocenters. The average molecular weight is 1040 g/mol. The summed E-state index contributed by atoms with van der Waals surface area (Å²) in [7, 11) is 0. The summed E-state index contributed by atoms with van der Waals surface area (Å²) < 4.78 is 5.49. The Bertz CT molecular complexity index is 1150. The molecule has 0 aromatic heterocycles. The van der Waals surface area contributed by atoms with Crippen LogP contribution in [0, 0.1) is 0 Å². The molecule has 6 heteroatoms. The first kappa shape index (κ1) is 72.3. The molecule has 0 aliphatic carbocycles. The third-order valence-electron chi connectivity index (χ3n) is 15.7. The number of ether oxygens (including phenoxy) is 1. The lowest BCUT2D eigenvalue weighted by molar-refractivity contribution is -0.143. The van der Waals surface area contributed by atoms with Crippen LogP contribution in [0.15, 0.2) is 24.3 Å². The SMILES string of the molecule is CCCCCCCCCCCCCCCCCCC/C=C/C(O)C(CO)NC(=O)CCCCCCCCC/C=C\CCCCCCCCCCCCCCOC(=O)CCCCCCCCCCCCCCCCC. The summed E-state index contributed by atoms with van der Waals surface area (Å²) in [6.07, 6.45) is 79.5. The van der Waals surface area contributed by atoms with Crippen LogP contribution >= 0.6 is 0 Å². The van der Waals surface area contributed by atoms with Crippen molar-refractivity contribution < 1.29 is 24.5 Å². The summed E-state index contributed by atoms with van der Waals surface area (Å²) in [6, 6.07) is -0.633. The number of carbonyl (C=O) groups is 2. The molecule has 0 radical (unpaired) electrons. The van der Waals surface area contributed by atoms with E-state index in [1.165, 1.54) is 302 Å². The monoisotopic (exact) mass is 1040 g/mol. The number of aliphatic hydroxyl groups is 2. The first-order valence-electron chi connectivity index (χ1n) is 33.6. The number of allylic oxidation sites excluding steroid dienone is 3. The normalized spacial score (nSPS) is 12.6. The van der Waals surface area contributed by atoms with Gasteiger partial charge in [0.15, 0.2) is 0 Å². The van der Waals surface area contributed by atoms with Gasteiger partial charge < -0.3 is 20.3 Å². The van der Waals surface area contributed by atoms with Gasteiger partial charge in [-0.1, -0.05) is 327 Å². The maximum atomic E-state index is 12.5. The summed E-state index contributed by atoms with van der Waals surface area (Å²) in [4.78, 5) is 24.6. The maximum Gasteiger partial charge on any atom is 0.305 e. The predicted octanol–water partition coefficient (Wildman–Crippen LogP) is 21.4. The molecule has 0 aliphatic heterocycles. The highest BCUT2D eigenvalue weighted by molar-refractivity contribution is 5.76. The molecule has 2 atom stereocenters. The number of amides is 1. The van der Waals surface area contributed by atoms with E-state index in [1.807, 2.05) is 6.08 Å². The number of hydrogen-bond acceptors (Lipinski definition) is 5. The number of unbranched alkanes of at least 4 members (excludes halogenated alkanes) is 50. The first-order chi connectivity index (χ1) is 36.5. The summed E-state index contributed by atoms with van der Waals surface area (Å²) in [5.74, 6) is -0.0565. The molecule has 0 aliphatic rings. The number of rotatable bonds is 63. The fraction of sp³-hybridized carbons (Fsp3) is 0.912. The van der Waals surface area contributed by atoms with E-state index in [-0.39, 0.29) is 18.5 Å². The van der Waals surface area contributed by atoms with Crippen molar-refractivity contribution in [2.45, 2.75) is 386 Å². The molecule has 0 saturated carbocycles. The van der Waals surface area contributed by atoms with Crippen LogP contribution in [0.5, 0.6) is 0 Å². The molecule has 74 heavy (non-hydrogen) atoms. The van der Waals surface area contributed by atoms with Crippen molar-refractivity contribution in [3.63, 3.8) is 0 Å². The van der Waals surface area contributed by atoms with Crippen LogP contribution in [-0.2, 0) is 14.3 Å². The zero-order valence-electron chi connectivity index (χ0n) is 50.1. The molecular weight excluding hydrogens is 911 g/mol. The molecule has 0 rings (SSSR count). The molecule has 3 N–H and O–H groups in total. The Kier molecular flexibility index (Phi) is 62.4. The number of aliphatic hydroxyl groups excluding tert-OH is 2. The zero-order chi connectivity index (χ0) is 53.6. The van der Waals surface area contributed by atoms with E-state index >= 15 is 0 Å². The van der Waals surface area contributed by atoms with Crippen molar-refractivity contribution >= 4 is 11.9 Å². The van der Waals surface area contributed by atoms with Gasteiger partial charge in [0, 0.05) is 12.8 Å². The third kappa shape index (κ3) is 59.6. The minimum Gasteiger partial charge on any atom is -0.466 e. The summed E-state index contributed by atoms with van der Waals surface area (Å²) in [5, 5.41) is 23.2. The number of hydrogen-bond donors (Lipinski definition) is 3. The van der Waals surface area contributed by atoms with E-state index < -0.39 is 12.1 Å². The van der Waals surface area contributed by atoms with Gasteiger partial charge in [-0.15, -0.1) is 0 Å². The highest BCUT2D eigenvalue weighted by Gasteiger charge is 2.18. The second-order valence-corrected chi connectivity index (χ2v) is 23.2. The Labute approximate surface area is 462 Å². The molecule has 0 aromatic rings. The Morgan fingerprint density at radius 2 is 0.635 bits per heavy atom. The van der Waals surface area contributed by atoms with E-state index in [4.69, 9.17) is 4.74 Å². The molecule has 6 nitrogen and oxygen atoms in total. The van der Waals surface area contributed by atoms with Gasteiger partial charge >= 0.3 is 5.97 Å². The van der Waals surface area contributed by atoms with E-state index in [9.17, 15) is 19.8 Å². The predicted molar refractivity (Wildman–Crippen MR) is 324 cm³/mol. The van der Waals surface area contributed by atoms with Gasteiger partial charge in [-0.05, 0) is 57.8 Å². The molecule has 1 amide bonds. The standard InChI is InChI=1S/C68H131NO5/c1-3-5-7-9-11-13-15-17-19-20-26-29-33-36-40-44-48-52-56-60-66(71)65(64-70)69-67(72)61-57-53-49-45-41-37-34-30-27-24-22-21-23-25-28-31-35-39-43-47-51-55-59-63-74-68(73)62-58-54-50-46-42-38-32-18-16-14-12-10-8-6-4-2/h24,27,56,60,65-66,70-71H,3-23,25-26,28-55,57-59,61-64H2,1-2H3,(H,69,72)/b27-24-,60-56+. The van der Waals surface area contributed by atoms with E-state index in [2.05, 4.69) is 31.3 Å². The summed E-state index contributed by atoms with van der Waals surface area (Å²) >= 11 is 0. The van der Waals surface area contributed by atoms with Crippen molar-refractivity contribution in [1.82, 2.24) is 5.32 Å². The minimum absolute atomic E-state index is 0.0145. The smallest absolute Gasteiger partial charge is 0.305 e. The van der Waals surface area contributed by atoms with Gasteiger partial charge in [0.05, 0.1) is 25.4 Å². The molecule has 0 saturated heterocycles. The number of carbonyl (C=O) groups excluding carboxylic acids is 2. The lowest BCUT2D eigenvalue weighted by atomic mass is 10.0. The second-order valence-electron chi connectivity index (χ2n) is 23.2. The lowest BCUT2D eigenvalue weighted by Gasteiger charge is -2.20. The maximum absolute atomic E-state index is 12.5. The van der Waals surface area contributed by atoms with Crippen LogP contribution < -0.4 is 5.32 Å². The van der Waals surface area contributed by atoms with Crippen molar-refractivity contribution in [2.24, 2.45) is 0 Å².